The van der Waals surface area contributed by atoms with Crippen LogP contribution in [0.15, 0.2) is 18.5 Å². The molecule has 0 bridgehead atoms. The maximum Gasteiger partial charge on any atom is 0.422 e. The highest BCUT2D eigenvalue weighted by Crippen LogP contribution is 2.29. The van der Waals surface area contributed by atoms with Crippen molar-refractivity contribution in [1.82, 2.24) is 0 Å². The van der Waals surface area contributed by atoms with Crippen LogP contribution in [0.2, 0.25) is 5.02 Å². The quantitative estimate of drug-likeness (QED) is 0.566. The molecule has 0 aliphatic carbocycles. The van der Waals surface area contributed by atoms with Crippen molar-refractivity contribution in [2.75, 3.05) is 0 Å². The summed E-state index contributed by atoms with van der Waals surface area (Å²) in [6, 6.07) is 0.650. The Balaban J connectivity index is 3.18. The summed E-state index contributed by atoms with van der Waals surface area (Å²) >= 11 is 5.20. The Hall–Kier alpha value is -0.840. The van der Waals surface area contributed by atoms with Crippen LogP contribution >= 0.6 is 11.6 Å². The van der Waals surface area contributed by atoms with E-state index >= 15 is 0 Å². The molecule has 66 valence electrons. The first-order chi connectivity index (χ1) is 5.39. The average molecular weight is 201 g/mol. The summed E-state index contributed by atoms with van der Waals surface area (Å²) in [5.74, 6) is 0. The minimum Gasteiger partial charge on any atom is -0.166 e. The highest BCUT2D eigenvalue weighted by Gasteiger charge is 2.34. The third kappa shape index (κ3) is 2.07. The van der Waals surface area contributed by atoms with Crippen molar-refractivity contribution < 1.29 is 22.4 Å². The number of nitrogens with zero attached hydrogens (tertiary/aromatic N) is 1. The molecule has 0 amide bonds. The van der Waals surface area contributed by atoms with E-state index in [4.69, 9.17) is 11.6 Å². The summed E-state index contributed by atoms with van der Waals surface area (Å²) in [7, 11) is 0. The van der Waals surface area contributed by atoms with Crippen LogP contribution in [-0.4, -0.2) is 0 Å². The average Bonchev–Trinajstić information content (AvgIpc) is 1.82. The number of aromatic nitrogens is 1. The predicted molar refractivity (Wildman–Crippen MR) is 33.2 cm³/mol. The Morgan fingerprint density at radius 2 is 1.83 bits per heavy atom. The lowest BCUT2D eigenvalue weighted by Crippen LogP contribution is -2.24. The van der Waals surface area contributed by atoms with E-state index in [1.165, 1.54) is 0 Å². The highest BCUT2D eigenvalue weighted by atomic mass is 35.5. The summed E-state index contributed by atoms with van der Waals surface area (Å²) < 4.78 is 48.0. The van der Waals surface area contributed by atoms with Crippen LogP contribution < -0.4 is 4.79 Å². The zero-order chi connectivity index (χ0) is 9.35. The highest BCUT2D eigenvalue weighted by molar-refractivity contribution is 6.30. The molecule has 1 rings (SSSR count). The molecule has 0 fully saturated rings. The van der Waals surface area contributed by atoms with E-state index in [2.05, 4.69) is 0 Å². The fourth-order valence-electron chi connectivity index (χ4n) is 0.666. The number of pyridine rings is 1. The maximum absolute atomic E-state index is 12.3. The van der Waals surface area contributed by atoms with Crippen molar-refractivity contribution in [1.29, 1.82) is 0 Å². The van der Waals surface area contributed by atoms with Gasteiger partial charge in [-0.15, -0.1) is 0 Å². The fraction of sp³-hybridized carbons (Fsp3) is 0.167. The predicted octanol–water partition coefficient (Wildman–Crippen LogP) is 2.38. The molecule has 0 spiro atoms. The first-order valence-electron chi connectivity index (χ1n) is 2.85. The van der Waals surface area contributed by atoms with E-state index in [0.717, 1.165) is 6.20 Å². The zero-order valence-electron chi connectivity index (χ0n) is 5.57. The second-order valence-electron chi connectivity index (χ2n) is 2.08. The van der Waals surface area contributed by atoms with Crippen molar-refractivity contribution >= 4 is 11.6 Å². The Labute approximate surface area is 70.1 Å². The molecule has 0 aromatic carbocycles. The van der Waals surface area contributed by atoms with Crippen LogP contribution in [0.4, 0.5) is 17.7 Å². The minimum atomic E-state index is -4.57. The minimum absolute atomic E-state index is 0.231. The number of hydrogen-bond acceptors (Lipinski definition) is 0. The summed E-state index contributed by atoms with van der Waals surface area (Å²) in [5, 5.41) is -0.299. The van der Waals surface area contributed by atoms with Gasteiger partial charge in [-0.25, -0.2) is 0 Å². The number of hydrogen-bond donors (Lipinski definition) is 0. The molecule has 1 nitrogen and oxygen atoms in total. The van der Waals surface area contributed by atoms with Crippen LogP contribution in [0.5, 0.6) is 0 Å². The largest absolute Gasteiger partial charge is 0.422 e. The van der Waals surface area contributed by atoms with Gasteiger partial charge in [-0.05, 0) is 6.07 Å². The van der Waals surface area contributed by atoms with Gasteiger partial charge in [-0.1, -0.05) is 11.6 Å². The molecule has 0 N–H and O–H groups in total. The summed E-state index contributed by atoms with van der Waals surface area (Å²) in [6.07, 6.45) is -3.53. The molecule has 12 heavy (non-hydrogen) atoms. The monoisotopic (exact) mass is 200 g/mol. The Morgan fingerprint density at radius 1 is 1.25 bits per heavy atom. The first-order valence-corrected chi connectivity index (χ1v) is 3.22. The summed E-state index contributed by atoms with van der Waals surface area (Å²) in [4.78, 5) is -0.231. The Bertz CT molecular complexity index is 276. The standard InChI is InChI=1S/C6H3ClF4N/c7-5-1-4(6(8,9)10)2-12(11)3-5/h1-3H/q+1. The van der Waals surface area contributed by atoms with E-state index in [0.29, 0.717) is 12.3 Å². The maximum atomic E-state index is 12.3. The van der Waals surface area contributed by atoms with Crippen LogP contribution in [0, 0.1) is 0 Å². The number of alkyl halides is 3. The van der Waals surface area contributed by atoms with Gasteiger partial charge < -0.3 is 0 Å². The molecule has 0 radical (unpaired) electrons. The Kier molecular flexibility index (Phi) is 2.23. The van der Waals surface area contributed by atoms with Crippen LogP contribution in [0.1, 0.15) is 5.56 Å². The number of rotatable bonds is 0. The van der Waals surface area contributed by atoms with Crippen LogP contribution in [0.25, 0.3) is 0 Å². The van der Waals surface area contributed by atoms with Gasteiger partial charge in [-0.2, -0.15) is 13.2 Å². The molecule has 0 atom stereocenters. The van der Waals surface area contributed by atoms with Gasteiger partial charge in [0.2, 0.25) is 12.4 Å². The van der Waals surface area contributed by atoms with Crippen LogP contribution in [0.3, 0.4) is 0 Å². The molecule has 1 heterocycles. The van der Waals surface area contributed by atoms with Crippen molar-refractivity contribution in [2.45, 2.75) is 6.18 Å². The van der Waals surface area contributed by atoms with Gasteiger partial charge in [0.15, 0.2) is 0 Å². The lowest BCUT2D eigenvalue weighted by molar-refractivity contribution is -0.844. The second kappa shape index (κ2) is 2.90. The van der Waals surface area contributed by atoms with Gasteiger partial charge in [-0.3, -0.25) is 0 Å². The third-order valence-corrected chi connectivity index (χ3v) is 1.34. The molecule has 0 aliphatic heterocycles. The van der Waals surface area contributed by atoms with E-state index in [9.17, 15) is 17.7 Å². The summed E-state index contributed by atoms with van der Waals surface area (Å²) in [5.41, 5.74) is -1.11. The van der Waals surface area contributed by atoms with Gasteiger partial charge in [0.05, 0.1) is 4.48 Å². The normalized spacial score (nSPS) is 11.8. The van der Waals surface area contributed by atoms with Gasteiger partial charge in [0, 0.05) is 4.79 Å². The smallest absolute Gasteiger partial charge is 0.166 e. The number of halogens is 5. The van der Waals surface area contributed by atoms with Crippen molar-refractivity contribution in [3.8, 4) is 0 Å². The van der Waals surface area contributed by atoms with E-state index in [1.807, 2.05) is 0 Å². The molecular formula is C6H3ClF4N+. The van der Waals surface area contributed by atoms with E-state index in [1.54, 1.807) is 0 Å². The van der Waals surface area contributed by atoms with E-state index in [-0.39, 0.29) is 9.81 Å². The lowest BCUT2D eigenvalue weighted by atomic mass is 10.3. The topological polar surface area (TPSA) is 3.88 Å². The molecular weight excluding hydrogens is 198 g/mol. The van der Waals surface area contributed by atoms with Gasteiger partial charge in [0.1, 0.15) is 10.6 Å². The molecule has 1 aromatic rings. The molecule has 0 saturated heterocycles. The molecule has 0 unspecified atom stereocenters. The summed E-state index contributed by atoms with van der Waals surface area (Å²) in [6.45, 7) is 0. The molecule has 0 aliphatic rings. The Morgan fingerprint density at radius 3 is 2.25 bits per heavy atom. The zero-order valence-corrected chi connectivity index (χ0v) is 6.33. The third-order valence-electron chi connectivity index (χ3n) is 1.13. The van der Waals surface area contributed by atoms with Gasteiger partial charge >= 0.3 is 6.18 Å². The molecule has 0 saturated carbocycles. The SMILES string of the molecule is F[n+]1cc(Cl)cc(C(F)(F)F)c1. The van der Waals surface area contributed by atoms with Crippen molar-refractivity contribution in [3.63, 3.8) is 0 Å². The fourth-order valence-corrected chi connectivity index (χ4v) is 0.877. The van der Waals surface area contributed by atoms with Crippen LogP contribution in [-0.2, 0) is 6.18 Å². The van der Waals surface area contributed by atoms with Crippen molar-refractivity contribution in [2.24, 2.45) is 0 Å². The second-order valence-corrected chi connectivity index (χ2v) is 2.52. The molecule has 1 aromatic heterocycles. The van der Waals surface area contributed by atoms with E-state index < -0.39 is 11.7 Å². The molecule has 6 heteroatoms. The lowest BCUT2D eigenvalue weighted by Gasteiger charge is -2.02. The van der Waals surface area contributed by atoms with Crippen molar-refractivity contribution in [3.05, 3.63) is 29.0 Å². The first kappa shape index (κ1) is 9.25. The van der Waals surface area contributed by atoms with Gasteiger partial charge in [0.25, 0.3) is 0 Å².